The Kier molecular flexibility index (Phi) is 4.67. The number of thiocarbonyl (C=S) groups is 1. The maximum absolute atomic E-state index is 12.3. The Balaban J connectivity index is 2.55. The van der Waals surface area contributed by atoms with Gasteiger partial charge in [0.2, 0.25) is 11.8 Å². The fourth-order valence-corrected chi connectivity index (χ4v) is 2.21. The highest BCUT2D eigenvalue weighted by Gasteiger charge is 2.36. The molecule has 102 valence electrons. The summed E-state index contributed by atoms with van der Waals surface area (Å²) in [6.45, 7) is 4.77. The van der Waals surface area contributed by atoms with Crippen LogP contribution in [0.1, 0.15) is 33.1 Å². The molecule has 0 aliphatic carbocycles. The quantitative estimate of drug-likeness (QED) is 0.725. The van der Waals surface area contributed by atoms with Crippen molar-refractivity contribution in [2.75, 3.05) is 13.1 Å². The van der Waals surface area contributed by atoms with Crippen LogP contribution in [0.25, 0.3) is 0 Å². The summed E-state index contributed by atoms with van der Waals surface area (Å²) in [4.78, 5) is 25.1. The molecule has 0 aromatic rings. The monoisotopic (exact) mass is 271 g/mol. The van der Waals surface area contributed by atoms with E-state index in [4.69, 9.17) is 23.7 Å². The normalized spacial score (nSPS) is 17.6. The first-order chi connectivity index (χ1) is 8.25. The molecule has 1 aliphatic heterocycles. The van der Waals surface area contributed by atoms with Gasteiger partial charge in [-0.1, -0.05) is 12.2 Å². The summed E-state index contributed by atoms with van der Waals surface area (Å²) in [6, 6.07) is 0. The lowest BCUT2D eigenvalue weighted by Gasteiger charge is -2.36. The molecule has 1 fully saturated rings. The first-order valence-corrected chi connectivity index (χ1v) is 6.53. The van der Waals surface area contributed by atoms with Crippen molar-refractivity contribution in [3.8, 4) is 0 Å². The van der Waals surface area contributed by atoms with Gasteiger partial charge in [-0.2, -0.15) is 0 Å². The number of nitrogens with two attached hydrogens (primary N) is 2. The summed E-state index contributed by atoms with van der Waals surface area (Å²) in [5.74, 6) is -0.0183. The lowest BCUT2D eigenvalue weighted by molar-refractivity contribution is -0.138. The molecular formula is C12H21N3O2S. The van der Waals surface area contributed by atoms with Gasteiger partial charge in [0.15, 0.2) is 0 Å². The maximum atomic E-state index is 12.3. The molecule has 0 aromatic heterocycles. The summed E-state index contributed by atoms with van der Waals surface area (Å²) >= 11 is 4.93. The number of amides is 2. The Morgan fingerprint density at radius 2 is 1.78 bits per heavy atom. The number of piperidine rings is 1. The van der Waals surface area contributed by atoms with E-state index < -0.39 is 5.41 Å². The molecule has 1 rings (SSSR count). The lowest BCUT2D eigenvalue weighted by atomic mass is 9.88. The molecule has 1 aliphatic rings. The highest BCUT2D eigenvalue weighted by Crippen LogP contribution is 2.25. The molecule has 4 N–H and O–H groups in total. The van der Waals surface area contributed by atoms with Crippen LogP contribution < -0.4 is 11.5 Å². The van der Waals surface area contributed by atoms with Crippen molar-refractivity contribution in [1.82, 2.24) is 4.90 Å². The average Bonchev–Trinajstić information content (AvgIpc) is 2.28. The molecule has 1 heterocycles. The lowest BCUT2D eigenvalue weighted by Crippen LogP contribution is -2.49. The minimum absolute atomic E-state index is 0.0347. The van der Waals surface area contributed by atoms with Crippen molar-refractivity contribution in [3.63, 3.8) is 0 Å². The first-order valence-electron chi connectivity index (χ1n) is 6.12. The summed E-state index contributed by atoms with van der Waals surface area (Å²) in [5, 5.41) is 0. The van der Waals surface area contributed by atoms with Gasteiger partial charge in [0, 0.05) is 19.5 Å². The Morgan fingerprint density at radius 1 is 1.28 bits per heavy atom. The maximum Gasteiger partial charge on any atom is 0.235 e. The molecule has 18 heavy (non-hydrogen) atoms. The van der Waals surface area contributed by atoms with Gasteiger partial charge in [0.05, 0.1) is 10.4 Å². The smallest absolute Gasteiger partial charge is 0.235 e. The molecule has 2 amide bonds. The van der Waals surface area contributed by atoms with Crippen LogP contribution in [0, 0.1) is 11.3 Å². The van der Waals surface area contributed by atoms with Gasteiger partial charge in [-0.3, -0.25) is 9.59 Å². The number of primary amides is 1. The van der Waals surface area contributed by atoms with Crippen LogP contribution in [-0.2, 0) is 9.59 Å². The Bertz CT molecular complexity index is 360. The van der Waals surface area contributed by atoms with Gasteiger partial charge < -0.3 is 16.4 Å². The van der Waals surface area contributed by atoms with Gasteiger partial charge in [-0.15, -0.1) is 0 Å². The Morgan fingerprint density at radius 3 is 2.17 bits per heavy atom. The summed E-state index contributed by atoms with van der Waals surface area (Å²) in [7, 11) is 0. The topological polar surface area (TPSA) is 89.4 Å². The number of likely N-dealkylation sites (tertiary alicyclic amines) is 1. The Labute approximate surface area is 113 Å². The molecule has 6 heteroatoms. The van der Waals surface area contributed by atoms with E-state index >= 15 is 0 Å². The number of rotatable bonds is 4. The van der Waals surface area contributed by atoms with Crippen molar-refractivity contribution in [2.24, 2.45) is 22.8 Å². The first kappa shape index (κ1) is 14.9. The van der Waals surface area contributed by atoms with Crippen molar-refractivity contribution >= 4 is 29.0 Å². The van der Waals surface area contributed by atoms with E-state index in [-0.39, 0.29) is 16.8 Å². The van der Waals surface area contributed by atoms with Gasteiger partial charge in [-0.05, 0) is 32.6 Å². The van der Waals surface area contributed by atoms with Crippen LogP contribution in [0.2, 0.25) is 0 Å². The molecule has 5 nitrogen and oxygen atoms in total. The van der Waals surface area contributed by atoms with Crippen LogP contribution >= 0.6 is 12.2 Å². The third-order valence-electron chi connectivity index (χ3n) is 3.54. The second-order valence-electron chi connectivity index (χ2n) is 5.40. The molecule has 0 aromatic carbocycles. The third kappa shape index (κ3) is 3.41. The third-order valence-corrected chi connectivity index (χ3v) is 4.05. The number of hydrogen-bond donors (Lipinski definition) is 2. The van der Waals surface area contributed by atoms with Crippen LogP contribution in [0.5, 0.6) is 0 Å². The van der Waals surface area contributed by atoms with E-state index in [0.717, 1.165) is 12.8 Å². The molecule has 0 unspecified atom stereocenters. The molecule has 0 bridgehead atoms. The van der Waals surface area contributed by atoms with Gasteiger partial charge in [-0.25, -0.2) is 0 Å². The zero-order valence-electron chi connectivity index (χ0n) is 10.9. The second kappa shape index (κ2) is 5.65. The highest BCUT2D eigenvalue weighted by atomic mass is 32.1. The summed E-state index contributed by atoms with van der Waals surface area (Å²) in [6.07, 6.45) is 2.02. The van der Waals surface area contributed by atoms with E-state index in [9.17, 15) is 9.59 Å². The van der Waals surface area contributed by atoms with Crippen LogP contribution in [0.4, 0.5) is 0 Å². The van der Waals surface area contributed by atoms with Gasteiger partial charge in [0.1, 0.15) is 0 Å². The van der Waals surface area contributed by atoms with Crippen molar-refractivity contribution in [2.45, 2.75) is 33.1 Å². The fraction of sp³-hybridized carbons (Fsp3) is 0.750. The van der Waals surface area contributed by atoms with Crippen molar-refractivity contribution in [1.29, 1.82) is 0 Å². The van der Waals surface area contributed by atoms with E-state index in [2.05, 4.69) is 0 Å². The minimum atomic E-state index is -0.800. The predicted molar refractivity (Wildman–Crippen MR) is 73.7 cm³/mol. The van der Waals surface area contributed by atoms with E-state index in [1.807, 2.05) is 0 Å². The predicted octanol–water partition coefficient (Wildman–Crippen LogP) is 0.413. The zero-order chi connectivity index (χ0) is 13.9. The van der Waals surface area contributed by atoms with Crippen LogP contribution in [0.15, 0.2) is 0 Å². The molecule has 1 saturated heterocycles. The molecule has 0 spiro atoms. The fourth-order valence-electron chi connectivity index (χ4n) is 2.13. The number of carbonyl (C=O) groups excluding carboxylic acids is 2. The number of hydrogen-bond acceptors (Lipinski definition) is 3. The molecule has 0 radical (unpaired) electrons. The summed E-state index contributed by atoms with van der Waals surface area (Å²) < 4.78 is 0. The van der Waals surface area contributed by atoms with E-state index in [1.54, 1.807) is 18.7 Å². The number of nitrogens with zero attached hydrogens (tertiary/aromatic N) is 1. The highest BCUT2D eigenvalue weighted by molar-refractivity contribution is 7.80. The SMILES string of the molecule is CC(C)(C(=O)N1CCC(CC(N)=O)CC1)C(N)=S. The van der Waals surface area contributed by atoms with Crippen LogP contribution in [-0.4, -0.2) is 34.8 Å². The van der Waals surface area contributed by atoms with E-state index in [1.165, 1.54) is 0 Å². The van der Waals surface area contributed by atoms with E-state index in [0.29, 0.717) is 25.4 Å². The van der Waals surface area contributed by atoms with Crippen molar-refractivity contribution < 1.29 is 9.59 Å². The standard InChI is InChI=1S/C12H21N3O2S/c1-12(2,10(14)18)11(17)15-5-3-8(4-6-15)7-9(13)16/h8H,3-7H2,1-2H3,(H2,13,16)(H2,14,18). The number of carbonyl (C=O) groups is 2. The van der Waals surface area contributed by atoms with Gasteiger partial charge >= 0.3 is 0 Å². The minimum Gasteiger partial charge on any atom is -0.392 e. The average molecular weight is 271 g/mol. The van der Waals surface area contributed by atoms with Crippen LogP contribution in [0.3, 0.4) is 0 Å². The van der Waals surface area contributed by atoms with Crippen molar-refractivity contribution in [3.05, 3.63) is 0 Å². The molecule has 0 saturated carbocycles. The Hall–Kier alpha value is -1.17. The second-order valence-corrected chi connectivity index (χ2v) is 5.84. The zero-order valence-corrected chi connectivity index (χ0v) is 11.8. The molecule has 0 atom stereocenters. The largest absolute Gasteiger partial charge is 0.392 e. The van der Waals surface area contributed by atoms with Gasteiger partial charge in [0.25, 0.3) is 0 Å². The summed E-state index contributed by atoms with van der Waals surface area (Å²) in [5.41, 5.74) is 9.97. The molecular weight excluding hydrogens is 250 g/mol.